The van der Waals surface area contributed by atoms with Crippen LogP contribution in [0, 0.1) is 0 Å². The number of amides is 1. The number of pyridine rings is 1. The normalized spacial score (nSPS) is 20.8. The number of nitrogens with one attached hydrogen (secondary N) is 1. The number of hydrogen-bond acceptors (Lipinski definition) is 5. The fourth-order valence-electron chi connectivity index (χ4n) is 4.57. The fourth-order valence-corrected chi connectivity index (χ4v) is 5.78. The van der Waals surface area contributed by atoms with Gasteiger partial charge in [0.2, 0.25) is 5.91 Å². The van der Waals surface area contributed by atoms with Gasteiger partial charge in [-0.15, -0.1) is 11.8 Å². The molecule has 0 spiro atoms. The minimum Gasteiger partial charge on any atom is -0.339 e. The Morgan fingerprint density at radius 1 is 0.941 bits per heavy atom. The molecule has 1 aromatic heterocycles. The van der Waals surface area contributed by atoms with Gasteiger partial charge in [0.25, 0.3) is 0 Å². The molecule has 2 unspecified atom stereocenters. The van der Waals surface area contributed by atoms with E-state index in [4.69, 9.17) is 0 Å². The lowest BCUT2D eigenvalue weighted by Gasteiger charge is -2.35. The van der Waals surface area contributed by atoms with Crippen molar-refractivity contribution >= 4 is 23.2 Å². The van der Waals surface area contributed by atoms with Crippen LogP contribution in [0.3, 0.4) is 0 Å². The van der Waals surface area contributed by atoms with Crippen molar-refractivity contribution in [1.29, 1.82) is 0 Å². The first-order valence-electron chi connectivity index (χ1n) is 11.9. The van der Waals surface area contributed by atoms with Gasteiger partial charge in [0.05, 0.1) is 11.4 Å². The van der Waals surface area contributed by atoms with Crippen LogP contribution in [0.1, 0.15) is 22.1 Å². The van der Waals surface area contributed by atoms with Crippen LogP contribution in [0.25, 0.3) is 5.57 Å². The van der Waals surface area contributed by atoms with E-state index in [0.717, 1.165) is 44.0 Å². The standard InChI is InChI=1S/C28H30N4OS/c33-28(26-21-34-27(30-26)24-12-7-14-29-20-24)32-18-16-31(17-19-32)15-13-25(22-8-3-1-4-9-22)23-10-5-2-6-11-23/h1-14,20,26-27,30H,15-19,21H2. The van der Waals surface area contributed by atoms with E-state index in [1.54, 1.807) is 18.0 Å². The Morgan fingerprint density at radius 3 is 2.24 bits per heavy atom. The lowest BCUT2D eigenvalue weighted by atomic mass is 9.97. The van der Waals surface area contributed by atoms with E-state index in [1.165, 1.54) is 16.7 Å². The molecular formula is C28H30N4OS. The highest BCUT2D eigenvalue weighted by Crippen LogP contribution is 2.33. The molecule has 3 heterocycles. The van der Waals surface area contributed by atoms with Gasteiger partial charge in [-0.25, -0.2) is 0 Å². The molecule has 2 aliphatic rings. The Bertz CT molecular complexity index is 1060. The number of nitrogens with zero attached hydrogens (tertiary/aromatic N) is 3. The number of carbonyl (C=O) groups excluding carboxylic acids is 1. The molecule has 0 radical (unpaired) electrons. The summed E-state index contributed by atoms with van der Waals surface area (Å²) in [5.41, 5.74) is 4.85. The van der Waals surface area contributed by atoms with Crippen LogP contribution >= 0.6 is 11.8 Å². The molecule has 3 aromatic rings. The predicted molar refractivity (Wildman–Crippen MR) is 139 cm³/mol. The number of carbonyl (C=O) groups is 1. The molecule has 0 bridgehead atoms. The number of piperazine rings is 1. The molecular weight excluding hydrogens is 440 g/mol. The summed E-state index contributed by atoms with van der Waals surface area (Å²) in [7, 11) is 0. The topological polar surface area (TPSA) is 48.5 Å². The van der Waals surface area contributed by atoms with E-state index >= 15 is 0 Å². The third kappa shape index (κ3) is 5.41. The molecule has 5 rings (SSSR count). The van der Waals surface area contributed by atoms with Crippen molar-refractivity contribution in [3.05, 3.63) is 108 Å². The molecule has 5 nitrogen and oxygen atoms in total. The van der Waals surface area contributed by atoms with Crippen molar-refractivity contribution in [3.63, 3.8) is 0 Å². The highest BCUT2D eigenvalue weighted by atomic mass is 32.2. The predicted octanol–water partition coefficient (Wildman–Crippen LogP) is 4.06. The monoisotopic (exact) mass is 470 g/mol. The SMILES string of the molecule is O=C(C1CSC(c2cccnc2)N1)N1CCN(CC=C(c2ccccc2)c2ccccc2)CC1. The number of hydrogen-bond donors (Lipinski definition) is 1. The third-order valence-electron chi connectivity index (χ3n) is 6.47. The maximum absolute atomic E-state index is 13.1. The van der Waals surface area contributed by atoms with Crippen molar-refractivity contribution in [2.75, 3.05) is 38.5 Å². The second-order valence-corrected chi connectivity index (χ2v) is 9.83. The zero-order valence-corrected chi connectivity index (χ0v) is 20.0. The van der Waals surface area contributed by atoms with E-state index in [9.17, 15) is 4.79 Å². The molecule has 0 aliphatic carbocycles. The van der Waals surface area contributed by atoms with Crippen LogP contribution in [0.15, 0.2) is 91.3 Å². The van der Waals surface area contributed by atoms with Gasteiger partial charge < -0.3 is 4.90 Å². The summed E-state index contributed by atoms with van der Waals surface area (Å²) in [4.78, 5) is 21.8. The number of aromatic nitrogens is 1. The van der Waals surface area contributed by atoms with Crippen molar-refractivity contribution in [3.8, 4) is 0 Å². The maximum Gasteiger partial charge on any atom is 0.240 e. The molecule has 0 saturated carbocycles. The third-order valence-corrected chi connectivity index (χ3v) is 7.74. The summed E-state index contributed by atoms with van der Waals surface area (Å²) in [6.45, 7) is 4.22. The summed E-state index contributed by atoms with van der Waals surface area (Å²) in [6, 6.07) is 25.0. The van der Waals surface area contributed by atoms with Crippen LogP contribution in [-0.2, 0) is 4.79 Å². The first-order chi connectivity index (χ1) is 16.8. The van der Waals surface area contributed by atoms with Gasteiger partial charge in [0.15, 0.2) is 0 Å². The average Bonchev–Trinajstić information content (AvgIpc) is 3.41. The number of rotatable bonds is 6. The number of thioether (sulfide) groups is 1. The average molecular weight is 471 g/mol. The van der Waals surface area contributed by atoms with E-state index in [2.05, 4.69) is 88.0 Å². The molecule has 2 saturated heterocycles. The zero-order chi connectivity index (χ0) is 23.2. The van der Waals surface area contributed by atoms with E-state index in [0.29, 0.717) is 0 Å². The number of benzene rings is 2. The quantitative estimate of drug-likeness (QED) is 0.589. The van der Waals surface area contributed by atoms with Gasteiger partial charge in [-0.3, -0.25) is 20.0 Å². The molecule has 34 heavy (non-hydrogen) atoms. The second kappa shape index (κ2) is 11.0. The van der Waals surface area contributed by atoms with E-state index in [1.807, 2.05) is 17.2 Å². The summed E-state index contributed by atoms with van der Waals surface area (Å²) < 4.78 is 0. The largest absolute Gasteiger partial charge is 0.339 e. The first-order valence-corrected chi connectivity index (χ1v) is 12.9. The Morgan fingerprint density at radius 2 is 1.62 bits per heavy atom. The van der Waals surface area contributed by atoms with Crippen molar-refractivity contribution < 1.29 is 4.79 Å². The van der Waals surface area contributed by atoms with Crippen LogP contribution in [0.5, 0.6) is 0 Å². The van der Waals surface area contributed by atoms with Gasteiger partial charge >= 0.3 is 0 Å². The molecule has 6 heteroatoms. The second-order valence-electron chi connectivity index (χ2n) is 8.69. The Kier molecular flexibility index (Phi) is 7.39. The van der Waals surface area contributed by atoms with Gasteiger partial charge in [0.1, 0.15) is 0 Å². The molecule has 2 atom stereocenters. The van der Waals surface area contributed by atoms with Crippen molar-refractivity contribution in [2.45, 2.75) is 11.4 Å². The lowest BCUT2D eigenvalue weighted by molar-refractivity contribution is -0.134. The lowest BCUT2D eigenvalue weighted by Crippen LogP contribution is -2.53. The van der Waals surface area contributed by atoms with Crippen molar-refractivity contribution in [2.24, 2.45) is 0 Å². The summed E-state index contributed by atoms with van der Waals surface area (Å²) >= 11 is 1.79. The Labute approximate surface area is 205 Å². The van der Waals surface area contributed by atoms with Gasteiger partial charge in [-0.05, 0) is 28.3 Å². The summed E-state index contributed by atoms with van der Waals surface area (Å²) in [6.07, 6.45) is 5.99. The van der Waals surface area contributed by atoms with Gasteiger partial charge in [-0.2, -0.15) is 0 Å². The van der Waals surface area contributed by atoms with Crippen LogP contribution < -0.4 is 5.32 Å². The smallest absolute Gasteiger partial charge is 0.240 e. The molecule has 174 valence electrons. The zero-order valence-electron chi connectivity index (χ0n) is 19.2. The maximum atomic E-state index is 13.1. The minimum absolute atomic E-state index is 0.121. The van der Waals surface area contributed by atoms with Crippen LogP contribution in [0.2, 0.25) is 0 Å². The van der Waals surface area contributed by atoms with E-state index in [-0.39, 0.29) is 17.3 Å². The molecule has 2 fully saturated rings. The minimum atomic E-state index is -0.121. The molecule has 1 amide bonds. The van der Waals surface area contributed by atoms with Crippen LogP contribution in [0.4, 0.5) is 0 Å². The van der Waals surface area contributed by atoms with Crippen LogP contribution in [-0.4, -0.2) is 65.2 Å². The molecule has 1 N–H and O–H groups in total. The highest BCUT2D eigenvalue weighted by molar-refractivity contribution is 7.99. The van der Waals surface area contributed by atoms with E-state index < -0.39 is 0 Å². The first kappa shape index (κ1) is 22.8. The summed E-state index contributed by atoms with van der Waals surface area (Å²) in [5.74, 6) is 1.03. The Hall–Kier alpha value is -2.93. The fraction of sp³-hybridized carbons (Fsp3) is 0.286. The van der Waals surface area contributed by atoms with Gasteiger partial charge in [0, 0.05) is 50.9 Å². The van der Waals surface area contributed by atoms with Crippen molar-refractivity contribution in [1.82, 2.24) is 20.1 Å². The Balaban J connectivity index is 1.17. The summed E-state index contributed by atoms with van der Waals surface area (Å²) in [5, 5.41) is 3.64. The molecule has 2 aliphatic heterocycles. The van der Waals surface area contributed by atoms with Gasteiger partial charge in [-0.1, -0.05) is 72.8 Å². The highest BCUT2D eigenvalue weighted by Gasteiger charge is 2.34. The molecule has 2 aromatic carbocycles.